The quantitative estimate of drug-likeness (QED) is 0.608. The minimum Gasteiger partial charge on any atom is -0.376 e. The first-order chi connectivity index (χ1) is 11.4. The Morgan fingerprint density at radius 3 is 2.21 bits per heavy atom. The summed E-state index contributed by atoms with van der Waals surface area (Å²) >= 11 is 5.70. The monoisotopic (exact) mass is 350 g/mol. The van der Waals surface area contributed by atoms with E-state index < -0.39 is 15.8 Å². The minimum atomic E-state index is -0.621. The molecule has 0 saturated carbocycles. The highest BCUT2D eigenvalue weighted by Gasteiger charge is 2.13. The summed E-state index contributed by atoms with van der Waals surface area (Å²) in [5, 5.41) is 26.6. The topological polar surface area (TPSA) is 127 Å². The number of nitro benzene ring substituents is 2. The van der Waals surface area contributed by atoms with Gasteiger partial charge >= 0.3 is 0 Å². The molecule has 0 saturated heterocycles. The van der Waals surface area contributed by atoms with Gasteiger partial charge in [-0.2, -0.15) is 0 Å². The average Bonchev–Trinajstić information content (AvgIpc) is 2.54. The zero-order valence-electron chi connectivity index (χ0n) is 12.1. The summed E-state index contributed by atoms with van der Waals surface area (Å²) in [6.45, 7) is -0.143. The number of hydrogen-bond acceptors (Lipinski definition) is 6. The molecule has 0 radical (unpaired) electrons. The van der Waals surface area contributed by atoms with Crippen molar-refractivity contribution >= 4 is 40.3 Å². The van der Waals surface area contributed by atoms with Crippen molar-refractivity contribution in [3.63, 3.8) is 0 Å². The lowest BCUT2D eigenvalue weighted by atomic mass is 10.2. The molecule has 9 nitrogen and oxygen atoms in total. The van der Waals surface area contributed by atoms with Crippen LogP contribution in [-0.2, 0) is 4.79 Å². The molecular formula is C14H11ClN4O5. The van der Waals surface area contributed by atoms with E-state index in [1.807, 2.05) is 0 Å². The van der Waals surface area contributed by atoms with Crippen LogP contribution < -0.4 is 10.6 Å². The van der Waals surface area contributed by atoms with E-state index in [4.69, 9.17) is 11.6 Å². The van der Waals surface area contributed by atoms with Gasteiger partial charge in [0.05, 0.1) is 16.4 Å². The predicted molar refractivity (Wildman–Crippen MR) is 88.3 cm³/mol. The van der Waals surface area contributed by atoms with E-state index in [1.54, 1.807) is 0 Å². The van der Waals surface area contributed by atoms with Crippen LogP contribution in [0.3, 0.4) is 0 Å². The predicted octanol–water partition coefficient (Wildman–Crippen LogP) is 3.21. The molecule has 0 aromatic heterocycles. The van der Waals surface area contributed by atoms with Gasteiger partial charge in [-0.25, -0.2) is 0 Å². The van der Waals surface area contributed by atoms with Crippen LogP contribution in [0.5, 0.6) is 0 Å². The number of anilines is 2. The second kappa shape index (κ2) is 7.38. The molecule has 0 aliphatic rings. The van der Waals surface area contributed by atoms with Crippen molar-refractivity contribution in [1.29, 1.82) is 0 Å². The van der Waals surface area contributed by atoms with Crippen LogP contribution in [0, 0.1) is 20.2 Å². The number of nitrogens with zero attached hydrogens (tertiary/aromatic N) is 2. The fourth-order valence-electron chi connectivity index (χ4n) is 1.82. The lowest BCUT2D eigenvalue weighted by Crippen LogP contribution is -2.21. The summed E-state index contributed by atoms with van der Waals surface area (Å²) < 4.78 is 0. The standard InChI is InChI=1S/C14H11ClN4O5/c15-12-6-3-10(7-13(12)19(23)24)16-8-14(20)17-9-1-4-11(5-2-9)18(21)22/h1-7,16H,8H2,(H,17,20). The molecule has 24 heavy (non-hydrogen) atoms. The number of benzene rings is 2. The minimum absolute atomic E-state index is 0.000816. The second-order valence-electron chi connectivity index (χ2n) is 4.63. The normalized spacial score (nSPS) is 10.0. The van der Waals surface area contributed by atoms with Crippen molar-refractivity contribution in [1.82, 2.24) is 0 Å². The first-order valence-electron chi connectivity index (χ1n) is 6.59. The summed E-state index contributed by atoms with van der Waals surface area (Å²) in [6.07, 6.45) is 0. The van der Waals surface area contributed by atoms with Gasteiger partial charge in [0.25, 0.3) is 11.4 Å². The molecule has 0 bridgehead atoms. The summed E-state index contributed by atoms with van der Waals surface area (Å²) in [4.78, 5) is 32.0. The third kappa shape index (κ3) is 4.40. The van der Waals surface area contributed by atoms with Crippen LogP contribution in [0.2, 0.25) is 5.02 Å². The van der Waals surface area contributed by atoms with E-state index in [0.717, 1.165) is 0 Å². The van der Waals surface area contributed by atoms with Gasteiger partial charge in [0.1, 0.15) is 5.02 Å². The molecule has 0 aliphatic carbocycles. The first-order valence-corrected chi connectivity index (χ1v) is 6.97. The molecule has 10 heteroatoms. The number of amides is 1. The largest absolute Gasteiger partial charge is 0.376 e. The lowest BCUT2D eigenvalue weighted by molar-refractivity contribution is -0.384. The molecule has 2 aromatic rings. The maximum atomic E-state index is 11.8. The highest BCUT2D eigenvalue weighted by Crippen LogP contribution is 2.27. The maximum absolute atomic E-state index is 11.8. The molecule has 2 aromatic carbocycles. The number of carbonyl (C=O) groups is 1. The zero-order chi connectivity index (χ0) is 17.7. The van der Waals surface area contributed by atoms with Crippen LogP contribution in [0.4, 0.5) is 22.7 Å². The zero-order valence-corrected chi connectivity index (χ0v) is 12.8. The van der Waals surface area contributed by atoms with E-state index in [9.17, 15) is 25.0 Å². The van der Waals surface area contributed by atoms with Crippen LogP contribution >= 0.6 is 11.6 Å². The molecule has 0 unspecified atom stereocenters. The smallest absolute Gasteiger partial charge is 0.289 e. The summed E-state index contributed by atoms with van der Waals surface area (Å²) in [5.41, 5.74) is 0.413. The number of nitrogens with one attached hydrogen (secondary N) is 2. The van der Waals surface area contributed by atoms with Crippen molar-refractivity contribution < 1.29 is 14.6 Å². The number of rotatable bonds is 6. The van der Waals surface area contributed by atoms with Gasteiger partial charge < -0.3 is 10.6 Å². The molecule has 2 rings (SSSR count). The number of halogens is 1. The van der Waals surface area contributed by atoms with Crippen molar-refractivity contribution in [2.24, 2.45) is 0 Å². The van der Waals surface area contributed by atoms with Crippen LogP contribution in [0.1, 0.15) is 0 Å². The molecule has 0 atom stereocenters. The Hall–Kier alpha value is -3.20. The van der Waals surface area contributed by atoms with E-state index in [0.29, 0.717) is 11.4 Å². The average molecular weight is 351 g/mol. The van der Waals surface area contributed by atoms with Crippen molar-refractivity contribution in [3.05, 3.63) is 67.7 Å². The van der Waals surface area contributed by atoms with Crippen LogP contribution in [0.15, 0.2) is 42.5 Å². The Balaban J connectivity index is 1.94. The molecule has 0 heterocycles. The Kier molecular flexibility index (Phi) is 5.27. The first kappa shape index (κ1) is 17.2. The highest BCUT2D eigenvalue weighted by molar-refractivity contribution is 6.32. The lowest BCUT2D eigenvalue weighted by Gasteiger charge is -2.08. The number of nitro groups is 2. The molecule has 124 valence electrons. The fourth-order valence-corrected chi connectivity index (χ4v) is 2.00. The molecule has 0 aliphatic heterocycles. The summed E-state index contributed by atoms with van der Waals surface area (Å²) in [6, 6.07) is 9.44. The van der Waals surface area contributed by atoms with E-state index in [2.05, 4.69) is 10.6 Å². The summed E-state index contributed by atoms with van der Waals surface area (Å²) in [5.74, 6) is -0.415. The van der Waals surface area contributed by atoms with Gasteiger partial charge in [-0.1, -0.05) is 11.6 Å². The van der Waals surface area contributed by atoms with Crippen molar-refractivity contribution in [2.75, 3.05) is 17.2 Å². The molecule has 0 fully saturated rings. The Morgan fingerprint density at radius 1 is 1.00 bits per heavy atom. The maximum Gasteiger partial charge on any atom is 0.289 e. The van der Waals surface area contributed by atoms with Gasteiger partial charge in [-0.05, 0) is 24.3 Å². The van der Waals surface area contributed by atoms with Gasteiger partial charge in [-0.3, -0.25) is 25.0 Å². The highest BCUT2D eigenvalue weighted by atomic mass is 35.5. The fraction of sp³-hybridized carbons (Fsp3) is 0.0714. The van der Waals surface area contributed by atoms with Gasteiger partial charge in [0.2, 0.25) is 5.91 Å². The van der Waals surface area contributed by atoms with Gasteiger partial charge in [0.15, 0.2) is 0 Å². The third-order valence-electron chi connectivity index (χ3n) is 2.96. The van der Waals surface area contributed by atoms with Crippen molar-refractivity contribution in [3.8, 4) is 0 Å². The third-order valence-corrected chi connectivity index (χ3v) is 3.28. The molecule has 0 spiro atoms. The SMILES string of the molecule is O=C(CNc1ccc(Cl)c([N+](=O)[O-])c1)Nc1ccc([N+](=O)[O-])cc1. The van der Waals surface area contributed by atoms with Crippen molar-refractivity contribution in [2.45, 2.75) is 0 Å². The van der Waals surface area contributed by atoms with Gasteiger partial charge in [0, 0.05) is 29.6 Å². The molecule has 1 amide bonds. The van der Waals surface area contributed by atoms with Crippen LogP contribution in [-0.4, -0.2) is 22.3 Å². The summed E-state index contributed by atoms with van der Waals surface area (Å²) in [7, 11) is 0. The van der Waals surface area contributed by atoms with E-state index in [-0.39, 0.29) is 22.9 Å². The Labute approximate surface area is 140 Å². The van der Waals surface area contributed by atoms with Crippen LogP contribution in [0.25, 0.3) is 0 Å². The molecule has 2 N–H and O–H groups in total. The van der Waals surface area contributed by atoms with E-state index in [1.165, 1.54) is 42.5 Å². The number of hydrogen-bond donors (Lipinski definition) is 2. The van der Waals surface area contributed by atoms with E-state index >= 15 is 0 Å². The number of carbonyl (C=O) groups excluding carboxylic acids is 1. The molecular weight excluding hydrogens is 340 g/mol. The Morgan fingerprint density at radius 2 is 1.62 bits per heavy atom. The van der Waals surface area contributed by atoms with Gasteiger partial charge in [-0.15, -0.1) is 0 Å². The number of non-ortho nitro benzene ring substituents is 1. The Bertz CT molecular complexity index is 794. The second-order valence-corrected chi connectivity index (χ2v) is 5.04.